The minimum atomic E-state index is -1.28. The number of rotatable bonds is 4. The Balaban J connectivity index is 1.89. The molecule has 1 atom stereocenters. The van der Waals surface area contributed by atoms with Gasteiger partial charge in [-0.25, -0.2) is 9.78 Å². The van der Waals surface area contributed by atoms with Crippen molar-refractivity contribution in [2.75, 3.05) is 11.9 Å². The third kappa shape index (κ3) is 3.72. The summed E-state index contributed by atoms with van der Waals surface area (Å²) < 4.78 is 5.12. The fourth-order valence-corrected chi connectivity index (χ4v) is 1.75. The van der Waals surface area contributed by atoms with Gasteiger partial charge in [-0.05, 0) is 31.2 Å². The Morgan fingerprint density at radius 3 is 3.00 bits per heavy atom. The molecule has 2 amide bonds. The molecule has 0 aliphatic carbocycles. The first-order chi connectivity index (χ1) is 9.47. The van der Waals surface area contributed by atoms with Gasteiger partial charge < -0.3 is 20.2 Å². The van der Waals surface area contributed by atoms with Gasteiger partial charge in [0, 0.05) is 11.9 Å². The van der Waals surface area contributed by atoms with Crippen molar-refractivity contribution >= 4 is 23.3 Å². The number of aliphatic hydroxyl groups is 1. The topological polar surface area (TPSA) is 87.4 Å². The SMILES string of the molecule is CC(O)(CNC(=O)Nc1ccnc(Cl)c1)c1ccco1. The number of carbonyl (C=O) groups is 1. The lowest BCUT2D eigenvalue weighted by atomic mass is 10.0. The van der Waals surface area contributed by atoms with Crippen LogP contribution in [0.25, 0.3) is 0 Å². The van der Waals surface area contributed by atoms with Crippen LogP contribution in [0.2, 0.25) is 5.15 Å². The molecule has 20 heavy (non-hydrogen) atoms. The van der Waals surface area contributed by atoms with Crippen LogP contribution in [-0.2, 0) is 5.60 Å². The second kappa shape index (κ2) is 5.94. The first kappa shape index (κ1) is 14.4. The van der Waals surface area contributed by atoms with Crippen LogP contribution in [0.4, 0.5) is 10.5 Å². The van der Waals surface area contributed by atoms with Crippen LogP contribution in [0.3, 0.4) is 0 Å². The molecule has 0 saturated heterocycles. The van der Waals surface area contributed by atoms with Crippen molar-refractivity contribution < 1.29 is 14.3 Å². The summed E-state index contributed by atoms with van der Waals surface area (Å²) in [5, 5.41) is 15.6. The average molecular weight is 296 g/mol. The van der Waals surface area contributed by atoms with Crippen LogP contribution < -0.4 is 10.6 Å². The van der Waals surface area contributed by atoms with Crippen molar-refractivity contribution in [3.8, 4) is 0 Å². The summed E-state index contributed by atoms with van der Waals surface area (Å²) in [4.78, 5) is 15.5. The number of nitrogens with zero attached hydrogens (tertiary/aromatic N) is 1. The van der Waals surface area contributed by atoms with Gasteiger partial charge >= 0.3 is 6.03 Å². The smallest absolute Gasteiger partial charge is 0.319 e. The molecule has 7 heteroatoms. The van der Waals surface area contributed by atoms with E-state index in [9.17, 15) is 9.90 Å². The summed E-state index contributed by atoms with van der Waals surface area (Å²) in [7, 11) is 0. The molecule has 2 aromatic rings. The zero-order chi connectivity index (χ0) is 14.6. The highest BCUT2D eigenvalue weighted by molar-refractivity contribution is 6.29. The number of furan rings is 1. The van der Waals surface area contributed by atoms with Crippen LogP contribution in [-0.4, -0.2) is 22.7 Å². The lowest BCUT2D eigenvalue weighted by Crippen LogP contribution is -2.40. The number of urea groups is 1. The predicted molar refractivity (Wildman–Crippen MR) is 74.5 cm³/mol. The first-order valence-corrected chi connectivity index (χ1v) is 6.28. The van der Waals surface area contributed by atoms with Crippen LogP contribution in [0, 0.1) is 0 Å². The maximum Gasteiger partial charge on any atom is 0.319 e. The van der Waals surface area contributed by atoms with Gasteiger partial charge in [0.15, 0.2) is 0 Å². The van der Waals surface area contributed by atoms with Gasteiger partial charge in [-0.1, -0.05) is 11.6 Å². The van der Waals surface area contributed by atoms with Crippen LogP contribution in [0.5, 0.6) is 0 Å². The molecule has 3 N–H and O–H groups in total. The summed E-state index contributed by atoms with van der Waals surface area (Å²) in [6.07, 6.45) is 2.94. The normalized spacial score (nSPS) is 13.6. The Bertz CT molecular complexity index is 584. The van der Waals surface area contributed by atoms with E-state index in [1.54, 1.807) is 25.1 Å². The summed E-state index contributed by atoms with van der Waals surface area (Å²) in [6.45, 7) is 1.56. The molecule has 0 aromatic carbocycles. The third-order valence-corrected chi connectivity index (χ3v) is 2.84. The molecule has 0 spiro atoms. The van der Waals surface area contributed by atoms with Crippen molar-refractivity contribution in [2.45, 2.75) is 12.5 Å². The predicted octanol–water partition coefficient (Wildman–Crippen LogP) is 2.36. The van der Waals surface area contributed by atoms with E-state index in [0.29, 0.717) is 11.4 Å². The highest BCUT2D eigenvalue weighted by Crippen LogP contribution is 2.19. The van der Waals surface area contributed by atoms with Crippen molar-refractivity contribution in [3.05, 3.63) is 47.6 Å². The van der Waals surface area contributed by atoms with Crippen molar-refractivity contribution in [1.29, 1.82) is 0 Å². The summed E-state index contributed by atoms with van der Waals surface area (Å²) in [5.41, 5.74) is -0.767. The molecule has 2 aromatic heterocycles. The number of halogens is 1. The molecule has 0 aliphatic heterocycles. The maximum atomic E-state index is 11.7. The Morgan fingerprint density at radius 2 is 2.35 bits per heavy atom. The zero-order valence-corrected chi connectivity index (χ0v) is 11.5. The minimum absolute atomic E-state index is 0.00512. The quantitative estimate of drug-likeness (QED) is 0.756. The molecule has 106 valence electrons. The van der Waals surface area contributed by atoms with E-state index >= 15 is 0 Å². The summed E-state index contributed by atoms with van der Waals surface area (Å²) in [6, 6.07) is 5.98. The van der Waals surface area contributed by atoms with Gasteiger partial charge in [-0.3, -0.25) is 0 Å². The lowest BCUT2D eigenvalue weighted by molar-refractivity contribution is 0.0372. The van der Waals surface area contributed by atoms with E-state index in [2.05, 4.69) is 15.6 Å². The maximum absolute atomic E-state index is 11.7. The van der Waals surface area contributed by atoms with Gasteiger partial charge in [0.25, 0.3) is 0 Å². The van der Waals surface area contributed by atoms with Gasteiger partial charge in [0.05, 0.1) is 12.8 Å². The third-order valence-electron chi connectivity index (χ3n) is 2.63. The molecule has 6 nitrogen and oxygen atoms in total. The number of anilines is 1. The number of hydrogen-bond donors (Lipinski definition) is 3. The second-order valence-electron chi connectivity index (χ2n) is 4.43. The molecule has 1 unspecified atom stereocenters. The van der Waals surface area contributed by atoms with Crippen molar-refractivity contribution in [1.82, 2.24) is 10.3 Å². The number of amides is 2. The van der Waals surface area contributed by atoms with Gasteiger partial charge in [0.2, 0.25) is 0 Å². The molecule has 0 radical (unpaired) electrons. The zero-order valence-electron chi connectivity index (χ0n) is 10.8. The van der Waals surface area contributed by atoms with E-state index in [0.717, 1.165) is 0 Å². The van der Waals surface area contributed by atoms with E-state index in [-0.39, 0.29) is 11.7 Å². The monoisotopic (exact) mass is 295 g/mol. The van der Waals surface area contributed by atoms with E-state index in [4.69, 9.17) is 16.0 Å². The number of aromatic nitrogens is 1. The van der Waals surface area contributed by atoms with Gasteiger partial charge in [-0.2, -0.15) is 0 Å². The Morgan fingerprint density at radius 1 is 1.55 bits per heavy atom. The standard InChI is InChI=1S/C13H14ClN3O3/c1-13(19,10-3-2-6-20-10)8-16-12(18)17-9-4-5-15-11(14)7-9/h2-7,19H,8H2,1H3,(H2,15,16,17,18). The first-order valence-electron chi connectivity index (χ1n) is 5.90. The molecule has 0 fully saturated rings. The van der Waals surface area contributed by atoms with E-state index < -0.39 is 11.6 Å². The van der Waals surface area contributed by atoms with E-state index in [1.165, 1.54) is 18.5 Å². The van der Waals surface area contributed by atoms with Crippen LogP contribution in [0.15, 0.2) is 41.1 Å². The van der Waals surface area contributed by atoms with Crippen LogP contribution in [0.1, 0.15) is 12.7 Å². The molecular weight excluding hydrogens is 282 g/mol. The van der Waals surface area contributed by atoms with Crippen LogP contribution >= 0.6 is 11.6 Å². The largest absolute Gasteiger partial charge is 0.466 e. The Kier molecular flexibility index (Phi) is 4.26. The highest BCUT2D eigenvalue weighted by Gasteiger charge is 2.26. The molecule has 2 heterocycles. The molecule has 2 rings (SSSR count). The molecule has 0 bridgehead atoms. The average Bonchev–Trinajstić information content (AvgIpc) is 2.91. The fourth-order valence-electron chi connectivity index (χ4n) is 1.58. The van der Waals surface area contributed by atoms with E-state index in [1.807, 2.05) is 0 Å². The number of carbonyl (C=O) groups excluding carboxylic acids is 1. The summed E-state index contributed by atoms with van der Waals surface area (Å²) in [5.74, 6) is 0.379. The molecule has 0 aliphatic rings. The molecular formula is C13H14ClN3O3. The fraction of sp³-hybridized carbons (Fsp3) is 0.231. The molecule has 0 saturated carbocycles. The minimum Gasteiger partial charge on any atom is -0.466 e. The van der Waals surface area contributed by atoms with Gasteiger partial charge in [-0.15, -0.1) is 0 Å². The number of hydrogen-bond acceptors (Lipinski definition) is 4. The Hall–Kier alpha value is -2.05. The second-order valence-corrected chi connectivity index (χ2v) is 4.81. The summed E-state index contributed by atoms with van der Waals surface area (Å²) >= 11 is 5.71. The van der Waals surface area contributed by atoms with Crippen molar-refractivity contribution in [3.63, 3.8) is 0 Å². The number of nitrogens with one attached hydrogen (secondary N) is 2. The van der Waals surface area contributed by atoms with Gasteiger partial charge in [0.1, 0.15) is 16.5 Å². The number of pyridine rings is 1. The van der Waals surface area contributed by atoms with Crippen molar-refractivity contribution in [2.24, 2.45) is 0 Å². The lowest BCUT2D eigenvalue weighted by Gasteiger charge is -2.21. The Labute approximate surface area is 120 Å². The highest BCUT2D eigenvalue weighted by atomic mass is 35.5.